The van der Waals surface area contributed by atoms with Gasteiger partial charge in [-0.3, -0.25) is 4.68 Å². The molecule has 0 saturated heterocycles. The molecule has 1 aromatic heterocycles. The van der Waals surface area contributed by atoms with E-state index in [1.165, 1.54) is 40.6 Å². The van der Waals surface area contributed by atoms with E-state index in [4.69, 9.17) is 0 Å². The van der Waals surface area contributed by atoms with Crippen LogP contribution in [0.25, 0.3) is 0 Å². The van der Waals surface area contributed by atoms with Gasteiger partial charge in [0.15, 0.2) is 0 Å². The molecule has 0 unspecified atom stereocenters. The fourth-order valence-electron chi connectivity index (χ4n) is 1.72. The molecule has 0 saturated carbocycles. The van der Waals surface area contributed by atoms with Crippen molar-refractivity contribution in [1.82, 2.24) is 9.78 Å². The molecule has 1 aliphatic carbocycles. The summed E-state index contributed by atoms with van der Waals surface area (Å²) >= 11 is 2.33. The van der Waals surface area contributed by atoms with Crippen LogP contribution in [0.4, 0.5) is 0 Å². The quantitative estimate of drug-likeness (QED) is 0.653. The maximum atomic E-state index is 4.40. The molecule has 0 aromatic carbocycles. The Kier molecular flexibility index (Phi) is 1.91. The molecule has 0 spiro atoms. The van der Waals surface area contributed by atoms with Crippen molar-refractivity contribution in [3.05, 3.63) is 15.0 Å². The molecule has 2 nitrogen and oxygen atoms in total. The third-order valence-electron chi connectivity index (χ3n) is 2.32. The number of nitrogens with zero attached hydrogens (tertiary/aromatic N) is 2. The normalized spacial score (nSPS) is 16.5. The molecule has 3 heteroatoms. The second-order valence-electron chi connectivity index (χ2n) is 3.05. The predicted octanol–water partition coefficient (Wildman–Crippen LogP) is 1.90. The molecule has 0 bridgehead atoms. The lowest BCUT2D eigenvalue weighted by Gasteiger charge is -2.11. The number of hydrogen-bond donors (Lipinski definition) is 0. The van der Waals surface area contributed by atoms with Gasteiger partial charge < -0.3 is 0 Å². The molecule has 0 fully saturated rings. The van der Waals surface area contributed by atoms with E-state index in [9.17, 15) is 0 Å². The molecule has 0 atom stereocenters. The summed E-state index contributed by atoms with van der Waals surface area (Å²) in [6.45, 7) is 0. The van der Waals surface area contributed by atoms with Gasteiger partial charge in [0.25, 0.3) is 0 Å². The Bertz CT molecular complexity index is 251. The average molecular weight is 262 g/mol. The molecular formula is C8H11IN2. The number of rotatable bonds is 0. The number of fused-ring (bicyclic) bond motifs is 1. The summed E-state index contributed by atoms with van der Waals surface area (Å²) in [4.78, 5) is 0. The number of aryl methyl sites for hydroxylation is 1. The minimum absolute atomic E-state index is 1.21. The molecule has 2 rings (SSSR count). The summed E-state index contributed by atoms with van der Waals surface area (Å²) in [6.07, 6.45) is 5.14. The Morgan fingerprint density at radius 1 is 1.36 bits per heavy atom. The van der Waals surface area contributed by atoms with E-state index in [1.807, 2.05) is 11.7 Å². The maximum absolute atomic E-state index is 4.40. The molecule has 0 N–H and O–H groups in total. The first kappa shape index (κ1) is 7.58. The number of hydrogen-bond acceptors (Lipinski definition) is 1. The van der Waals surface area contributed by atoms with Gasteiger partial charge in [0, 0.05) is 18.3 Å². The van der Waals surface area contributed by atoms with Crippen LogP contribution in [-0.4, -0.2) is 9.78 Å². The van der Waals surface area contributed by atoms with Crippen LogP contribution in [0.1, 0.15) is 24.1 Å². The van der Waals surface area contributed by atoms with Crippen molar-refractivity contribution < 1.29 is 0 Å². The van der Waals surface area contributed by atoms with Crippen molar-refractivity contribution in [2.45, 2.75) is 25.7 Å². The van der Waals surface area contributed by atoms with E-state index in [0.717, 1.165) is 0 Å². The SMILES string of the molecule is Cn1nc(I)c2c1CCCC2. The lowest BCUT2D eigenvalue weighted by atomic mass is 9.98. The third-order valence-corrected chi connectivity index (χ3v) is 3.18. The predicted molar refractivity (Wildman–Crippen MR) is 52.6 cm³/mol. The van der Waals surface area contributed by atoms with Crippen LogP contribution in [-0.2, 0) is 19.9 Å². The van der Waals surface area contributed by atoms with E-state index < -0.39 is 0 Å². The lowest BCUT2D eigenvalue weighted by molar-refractivity contribution is 0.626. The fraction of sp³-hybridized carbons (Fsp3) is 0.625. The summed E-state index contributed by atoms with van der Waals surface area (Å²) in [6, 6.07) is 0. The van der Waals surface area contributed by atoms with E-state index in [0.29, 0.717) is 0 Å². The number of halogens is 1. The van der Waals surface area contributed by atoms with Gasteiger partial charge in [-0.2, -0.15) is 5.10 Å². The Labute approximate surface area is 80.1 Å². The van der Waals surface area contributed by atoms with Crippen LogP contribution in [0.15, 0.2) is 0 Å². The molecule has 0 aliphatic heterocycles. The Hall–Kier alpha value is -0.0600. The van der Waals surface area contributed by atoms with E-state index >= 15 is 0 Å². The highest BCUT2D eigenvalue weighted by Crippen LogP contribution is 2.24. The van der Waals surface area contributed by atoms with Gasteiger partial charge in [-0.25, -0.2) is 0 Å². The highest BCUT2D eigenvalue weighted by molar-refractivity contribution is 14.1. The summed E-state index contributed by atoms with van der Waals surface area (Å²) < 4.78 is 3.25. The van der Waals surface area contributed by atoms with E-state index in [-0.39, 0.29) is 0 Å². The van der Waals surface area contributed by atoms with Gasteiger partial charge >= 0.3 is 0 Å². The smallest absolute Gasteiger partial charge is 0.126 e. The average Bonchev–Trinajstić information content (AvgIpc) is 2.30. The molecule has 1 heterocycles. The lowest BCUT2D eigenvalue weighted by Crippen LogP contribution is -2.05. The van der Waals surface area contributed by atoms with Crippen molar-refractivity contribution in [3.63, 3.8) is 0 Å². The van der Waals surface area contributed by atoms with Crippen molar-refractivity contribution in [1.29, 1.82) is 0 Å². The van der Waals surface area contributed by atoms with Crippen LogP contribution in [0.5, 0.6) is 0 Å². The van der Waals surface area contributed by atoms with Crippen molar-refractivity contribution in [3.8, 4) is 0 Å². The standard InChI is InChI=1S/C8H11IN2/c1-11-7-5-3-2-4-6(7)8(9)10-11/h2-5H2,1H3. The first-order chi connectivity index (χ1) is 5.29. The minimum Gasteiger partial charge on any atom is -0.271 e. The third kappa shape index (κ3) is 1.19. The van der Waals surface area contributed by atoms with Gasteiger partial charge in [-0.15, -0.1) is 0 Å². The second-order valence-corrected chi connectivity index (χ2v) is 4.07. The zero-order valence-corrected chi connectivity index (χ0v) is 8.76. The largest absolute Gasteiger partial charge is 0.271 e. The highest BCUT2D eigenvalue weighted by atomic mass is 127. The maximum Gasteiger partial charge on any atom is 0.126 e. The molecular weight excluding hydrogens is 251 g/mol. The van der Waals surface area contributed by atoms with Crippen molar-refractivity contribution in [2.24, 2.45) is 7.05 Å². The van der Waals surface area contributed by atoms with Crippen LogP contribution in [0.2, 0.25) is 0 Å². The van der Waals surface area contributed by atoms with Gasteiger partial charge in [0.2, 0.25) is 0 Å². The van der Waals surface area contributed by atoms with Crippen molar-refractivity contribution >= 4 is 22.6 Å². The summed E-state index contributed by atoms with van der Waals surface area (Å²) in [7, 11) is 2.05. The number of aromatic nitrogens is 2. The molecule has 1 aliphatic rings. The van der Waals surface area contributed by atoms with Gasteiger partial charge in [0.05, 0.1) is 0 Å². The van der Waals surface area contributed by atoms with Gasteiger partial charge in [0.1, 0.15) is 3.70 Å². The topological polar surface area (TPSA) is 17.8 Å². The van der Waals surface area contributed by atoms with E-state index in [1.54, 1.807) is 0 Å². The van der Waals surface area contributed by atoms with Crippen LogP contribution in [0.3, 0.4) is 0 Å². The summed E-state index contributed by atoms with van der Waals surface area (Å²) in [5.74, 6) is 0. The molecule has 60 valence electrons. The van der Waals surface area contributed by atoms with Crippen LogP contribution >= 0.6 is 22.6 Å². The molecule has 1 aromatic rings. The summed E-state index contributed by atoms with van der Waals surface area (Å²) in [5.41, 5.74) is 2.96. The summed E-state index contributed by atoms with van der Waals surface area (Å²) in [5, 5.41) is 4.40. The van der Waals surface area contributed by atoms with Crippen LogP contribution < -0.4 is 0 Å². The first-order valence-corrected chi connectivity index (χ1v) is 5.07. The van der Waals surface area contributed by atoms with Gasteiger partial charge in [-0.1, -0.05) is 0 Å². The zero-order chi connectivity index (χ0) is 7.84. The Morgan fingerprint density at radius 3 is 2.82 bits per heavy atom. The zero-order valence-electron chi connectivity index (χ0n) is 6.60. The fourth-order valence-corrected chi connectivity index (χ4v) is 2.63. The van der Waals surface area contributed by atoms with Crippen molar-refractivity contribution in [2.75, 3.05) is 0 Å². The van der Waals surface area contributed by atoms with Crippen LogP contribution in [0, 0.1) is 3.70 Å². The Morgan fingerprint density at radius 2 is 2.09 bits per heavy atom. The first-order valence-electron chi connectivity index (χ1n) is 3.99. The Balaban J connectivity index is 2.52. The molecule has 0 radical (unpaired) electrons. The molecule has 0 amide bonds. The monoisotopic (exact) mass is 262 g/mol. The van der Waals surface area contributed by atoms with Gasteiger partial charge in [-0.05, 0) is 48.3 Å². The highest BCUT2D eigenvalue weighted by Gasteiger charge is 2.16. The second kappa shape index (κ2) is 2.77. The van der Waals surface area contributed by atoms with E-state index in [2.05, 4.69) is 27.7 Å². The minimum atomic E-state index is 1.21. The molecule has 11 heavy (non-hydrogen) atoms.